The lowest BCUT2D eigenvalue weighted by atomic mass is 9.97. The van der Waals surface area contributed by atoms with Gasteiger partial charge < -0.3 is 0 Å². The summed E-state index contributed by atoms with van der Waals surface area (Å²) < 4.78 is 1.90. The van der Waals surface area contributed by atoms with Crippen LogP contribution >= 0.6 is 0 Å². The van der Waals surface area contributed by atoms with Gasteiger partial charge in [-0.05, 0) is 43.0 Å². The van der Waals surface area contributed by atoms with Crippen molar-refractivity contribution >= 4 is 0 Å². The number of rotatable bonds is 7. The lowest BCUT2D eigenvalue weighted by Gasteiger charge is -2.30. The third-order valence-corrected chi connectivity index (χ3v) is 6.79. The molecule has 0 spiro atoms. The Hall–Kier alpha value is -3.50. The van der Waals surface area contributed by atoms with Crippen molar-refractivity contribution in [2.75, 3.05) is 13.1 Å². The van der Waals surface area contributed by atoms with Gasteiger partial charge in [-0.3, -0.25) is 14.3 Å². The first-order chi connectivity index (χ1) is 16.7. The summed E-state index contributed by atoms with van der Waals surface area (Å²) in [7, 11) is 0. The van der Waals surface area contributed by atoms with Crippen molar-refractivity contribution in [1.82, 2.24) is 14.5 Å². The van der Waals surface area contributed by atoms with Crippen LogP contribution in [-0.4, -0.2) is 27.5 Å². The van der Waals surface area contributed by atoms with Crippen LogP contribution in [0.2, 0.25) is 0 Å². The molecule has 4 heteroatoms. The van der Waals surface area contributed by atoms with Crippen molar-refractivity contribution in [2.24, 2.45) is 0 Å². The van der Waals surface area contributed by atoms with E-state index in [0.717, 1.165) is 60.6 Å². The Labute approximate surface area is 201 Å². The Morgan fingerprint density at radius 1 is 0.853 bits per heavy atom. The van der Waals surface area contributed by atoms with E-state index >= 15 is 0 Å². The van der Waals surface area contributed by atoms with E-state index in [9.17, 15) is 4.79 Å². The molecule has 3 aromatic carbocycles. The van der Waals surface area contributed by atoms with Gasteiger partial charge in [-0.1, -0.05) is 91.0 Å². The number of aryl methyl sites for hydroxylation is 2. The van der Waals surface area contributed by atoms with Crippen LogP contribution in [0.1, 0.15) is 46.2 Å². The molecule has 0 fully saturated rings. The third kappa shape index (κ3) is 4.73. The van der Waals surface area contributed by atoms with Crippen molar-refractivity contribution in [2.45, 2.75) is 38.8 Å². The van der Waals surface area contributed by atoms with Crippen LogP contribution in [0.4, 0.5) is 0 Å². The first-order valence-corrected chi connectivity index (χ1v) is 12.2. The average molecular weight is 450 g/mol. The molecule has 0 bridgehead atoms. The van der Waals surface area contributed by atoms with E-state index in [0.29, 0.717) is 6.54 Å². The number of hydrogen-bond acceptors (Lipinski definition) is 3. The zero-order chi connectivity index (χ0) is 23.3. The first kappa shape index (κ1) is 22.3. The maximum atomic E-state index is 14.0. The Morgan fingerprint density at radius 3 is 2.06 bits per heavy atom. The summed E-state index contributed by atoms with van der Waals surface area (Å²) in [4.78, 5) is 21.3. The Bertz CT molecular complexity index is 1240. The summed E-state index contributed by atoms with van der Waals surface area (Å²) in [5, 5.41) is 0. The molecule has 0 saturated heterocycles. The zero-order valence-corrected chi connectivity index (χ0v) is 19.7. The van der Waals surface area contributed by atoms with Crippen molar-refractivity contribution in [3.63, 3.8) is 0 Å². The summed E-state index contributed by atoms with van der Waals surface area (Å²) in [6.45, 7) is 4.58. The van der Waals surface area contributed by atoms with E-state index in [1.54, 1.807) is 0 Å². The highest BCUT2D eigenvalue weighted by Crippen LogP contribution is 2.27. The van der Waals surface area contributed by atoms with Gasteiger partial charge >= 0.3 is 0 Å². The predicted octanol–water partition coefficient (Wildman–Crippen LogP) is 5.18. The quantitative estimate of drug-likeness (QED) is 0.390. The second-order valence-electron chi connectivity index (χ2n) is 9.10. The van der Waals surface area contributed by atoms with Gasteiger partial charge in [0.15, 0.2) is 0 Å². The molecular formula is C30H31N3O. The number of fused-ring (bicyclic) bond motifs is 1. The van der Waals surface area contributed by atoms with E-state index in [1.807, 2.05) is 47.9 Å². The van der Waals surface area contributed by atoms with Crippen LogP contribution in [0, 0.1) is 6.92 Å². The Kier molecular flexibility index (Phi) is 6.68. The topological polar surface area (TPSA) is 38.1 Å². The largest absolute Gasteiger partial charge is 0.298 e. The molecule has 4 aromatic rings. The summed E-state index contributed by atoms with van der Waals surface area (Å²) in [6, 6.07) is 31.0. The second kappa shape index (κ2) is 10.2. The highest BCUT2D eigenvalue weighted by molar-refractivity contribution is 5.34. The molecule has 1 aromatic heterocycles. The van der Waals surface area contributed by atoms with Gasteiger partial charge in [-0.25, -0.2) is 4.98 Å². The van der Waals surface area contributed by atoms with E-state index in [2.05, 4.69) is 59.5 Å². The highest BCUT2D eigenvalue weighted by Gasteiger charge is 2.26. The fourth-order valence-corrected chi connectivity index (χ4v) is 5.07. The van der Waals surface area contributed by atoms with Crippen LogP contribution < -0.4 is 5.56 Å². The average Bonchev–Trinajstić information content (AvgIpc) is 2.88. The van der Waals surface area contributed by atoms with Gasteiger partial charge in [0, 0.05) is 19.5 Å². The lowest BCUT2D eigenvalue weighted by molar-refractivity contribution is 0.246. The van der Waals surface area contributed by atoms with Crippen molar-refractivity contribution in [3.05, 3.63) is 135 Å². The smallest absolute Gasteiger partial charge is 0.259 e. The van der Waals surface area contributed by atoms with Crippen molar-refractivity contribution < 1.29 is 0 Å². The highest BCUT2D eigenvalue weighted by atomic mass is 16.1. The molecule has 1 aliphatic rings. The van der Waals surface area contributed by atoms with Crippen LogP contribution in [0.15, 0.2) is 95.8 Å². The minimum atomic E-state index is -0.193. The molecule has 0 aliphatic carbocycles. The first-order valence-electron chi connectivity index (χ1n) is 12.2. The summed E-state index contributed by atoms with van der Waals surface area (Å²) in [5.41, 5.74) is 5.47. The number of hydrogen-bond donors (Lipinski definition) is 0. The van der Waals surface area contributed by atoms with Gasteiger partial charge in [0.1, 0.15) is 5.82 Å². The number of nitrogens with zero attached hydrogens (tertiary/aromatic N) is 3. The van der Waals surface area contributed by atoms with Gasteiger partial charge in [0.05, 0.1) is 17.3 Å². The molecular weight excluding hydrogens is 418 g/mol. The minimum absolute atomic E-state index is 0.0907. The summed E-state index contributed by atoms with van der Waals surface area (Å²) in [6.07, 6.45) is 2.98. The molecule has 0 N–H and O–H groups in total. The van der Waals surface area contributed by atoms with Crippen LogP contribution in [0.5, 0.6) is 0 Å². The van der Waals surface area contributed by atoms with Gasteiger partial charge in [-0.15, -0.1) is 0 Å². The predicted molar refractivity (Wildman–Crippen MR) is 137 cm³/mol. The molecule has 0 saturated carbocycles. The molecule has 2 heterocycles. The SMILES string of the molecule is Cc1nc2c(c(=O)n1C(c1ccccc1)c1ccccc1)CN(CCCc1ccccc1)CC2. The van der Waals surface area contributed by atoms with E-state index in [1.165, 1.54) is 5.56 Å². The summed E-state index contributed by atoms with van der Waals surface area (Å²) >= 11 is 0. The van der Waals surface area contributed by atoms with Gasteiger partial charge in [0.25, 0.3) is 5.56 Å². The third-order valence-electron chi connectivity index (χ3n) is 6.79. The standard InChI is InChI=1S/C30H31N3O/c1-23-31-28-19-21-32(20-11-14-24-12-5-2-6-13-24)22-27(28)30(34)33(23)29(25-15-7-3-8-16-25)26-17-9-4-10-18-26/h2-10,12-13,15-18,29H,11,14,19-22H2,1H3. The fourth-order valence-electron chi connectivity index (χ4n) is 5.07. The number of aromatic nitrogens is 2. The normalized spacial score (nSPS) is 13.7. The maximum Gasteiger partial charge on any atom is 0.259 e. The molecule has 34 heavy (non-hydrogen) atoms. The Balaban J connectivity index is 1.44. The maximum absolute atomic E-state index is 14.0. The molecule has 1 aliphatic heterocycles. The van der Waals surface area contributed by atoms with Gasteiger partial charge in [0.2, 0.25) is 0 Å². The monoisotopic (exact) mass is 449 g/mol. The van der Waals surface area contributed by atoms with E-state index < -0.39 is 0 Å². The molecule has 0 radical (unpaired) electrons. The van der Waals surface area contributed by atoms with Crippen molar-refractivity contribution in [1.29, 1.82) is 0 Å². The van der Waals surface area contributed by atoms with Gasteiger partial charge in [-0.2, -0.15) is 0 Å². The zero-order valence-electron chi connectivity index (χ0n) is 19.7. The molecule has 172 valence electrons. The van der Waals surface area contributed by atoms with Crippen LogP contribution in [-0.2, 0) is 19.4 Å². The molecule has 0 amide bonds. The van der Waals surface area contributed by atoms with Crippen molar-refractivity contribution in [3.8, 4) is 0 Å². The lowest BCUT2D eigenvalue weighted by Crippen LogP contribution is -2.40. The van der Waals surface area contributed by atoms with Crippen LogP contribution in [0.3, 0.4) is 0 Å². The molecule has 5 rings (SSSR count). The van der Waals surface area contributed by atoms with E-state index in [4.69, 9.17) is 4.98 Å². The summed E-state index contributed by atoms with van der Waals surface area (Å²) in [5.74, 6) is 0.777. The van der Waals surface area contributed by atoms with Crippen LogP contribution in [0.25, 0.3) is 0 Å². The fraction of sp³-hybridized carbons (Fsp3) is 0.267. The molecule has 0 atom stereocenters. The Morgan fingerprint density at radius 2 is 1.44 bits per heavy atom. The molecule has 0 unspecified atom stereocenters. The molecule has 4 nitrogen and oxygen atoms in total. The second-order valence-corrected chi connectivity index (χ2v) is 9.10. The number of benzene rings is 3. The minimum Gasteiger partial charge on any atom is -0.298 e. The van der Waals surface area contributed by atoms with E-state index in [-0.39, 0.29) is 11.6 Å².